The van der Waals surface area contributed by atoms with Crippen molar-refractivity contribution in [1.82, 2.24) is 10.2 Å². The summed E-state index contributed by atoms with van der Waals surface area (Å²) in [5, 5.41) is 7.77. The van der Waals surface area contributed by atoms with E-state index in [4.69, 9.17) is 11.6 Å². The summed E-state index contributed by atoms with van der Waals surface area (Å²) in [6, 6.07) is 3.58. The molecule has 2 rings (SSSR count). The van der Waals surface area contributed by atoms with E-state index in [1.54, 1.807) is 6.07 Å². The highest BCUT2D eigenvalue weighted by molar-refractivity contribution is 7.98. The van der Waals surface area contributed by atoms with Crippen LogP contribution in [0.5, 0.6) is 0 Å². The minimum atomic E-state index is -3.37. The highest BCUT2D eigenvalue weighted by atomic mass is 35.5. The monoisotopic (exact) mass is 291 g/mol. The lowest BCUT2D eigenvalue weighted by Gasteiger charge is -2.03. The fourth-order valence-corrected chi connectivity index (χ4v) is 2.79. The number of halogens is 1. The topological polar surface area (TPSA) is 74.8 Å². The molecule has 0 aliphatic heterocycles. The minimum Gasteiger partial charge on any atom is -0.274 e. The Morgan fingerprint density at radius 1 is 1.47 bits per heavy atom. The van der Waals surface area contributed by atoms with Crippen LogP contribution in [0.2, 0.25) is 5.02 Å². The Morgan fingerprint density at radius 3 is 2.76 bits per heavy atom. The molecule has 0 aliphatic rings. The van der Waals surface area contributed by atoms with Crippen LogP contribution in [0.1, 0.15) is 0 Å². The van der Waals surface area contributed by atoms with Gasteiger partial charge in [0.05, 0.1) is 22.2 Å². The largest absolute Gasteiger partial charge is 0.274 e. The number of fused-ring (bicyclic) bond motifs is 1. The molecule has 0 saturated heterocycles. The van der Waals surface area contributed by atoms with Gasteiger partial charge in [-0.25, -0.2) is 8.42 Å². The lowest BCUT2D eigenvalue weighted by atomic mass is 10.2. The van der Waals surface area contributed by atoms with Crippen LogP contribution in [-0.4, -0.2) is 31.1 Å². The van der Waals surface area contributed by atoms with Crippen molar-refractivity contribution in [2.75, 3.05) is 17.2 Å². The van der Waals surface area contributed by atoms with E-state index in [-0.39, 0.29) is 5.82 Å². The number of thioether (sulfide) groups is 1. The number of sulfonamides is 1. The molecular formula is C9H10ClN3O2S2. The van der Waals surface area contributed by atoms with Gasteiger partial charge < -0.3 is 0 Å². The molecule has 5 nitrogen and oxygen atoms in total. The van der Waals surface area contributed by atoms with Crippen molar-refractivity contribution in [3.63, 3.8) is 0 Å². The summed E-state index contributed by atoms with van der Waals surface area (Å²) in [7, 11) is -3.37. The number of aromatic nitrogens is 2. The number of nitrogens with zero attached hydrogens (tertiary/aromatic N) is 1. The Hall–Kier alpha value is -0.920. The summed E-state index contributed by atoms with van der Waals surface area (Å²) < 4.78 is 24.7. The first-order chi connectivity index (χ1) is 7.92. The molecule has 0 amide bonds. The molecule has 1 aromatic carbocycles. The van der Waals surface area contributed by atoms with Crippen molar-refractivity contribution in [3.05, 3.63) is 17.2 Å². The number of hydrogen-bond acceptors (Lipinski definition) is 4. The highest BCUT2D eigenvalue weighted by Crippen LogP contribution is 2.34. The standard InChI is InChI=1S/C9H10ClN3O2S2/c1-16-6-4-3-5(10)7-8(6)11-12-9(7)13-17(2,14)15/h3-4H,1-2H3,(H2,11,12,13). The second-order valence-corrected chi connectivity index (χ2v) is 6.45. The predicted octanol–water partition coefficient (Wildman–Crippen LogP) is 2.31. The number of hydrogen-bond donors (Lipinski definition) is 2. The van der Waals surface area contributed by atoms with Gasteiger partial charge in [-0.1, -0.05) is 11.6 Å². The zero-order valence-corrected chi connectivity index (χ0v) is 11.5. The van der Waals surface area contributed by atoms with Gasteiger partial charge >= 0.3 is 0 Å². The van der Waals surface area contributed by atoms with Crippen LogP contribution in [-0.2, 0) is 10.0 Å². The Kier molecular flexibility index (Phi) is 3.24. The van der Waals surface area contributed by atoms with Gasteiger partial charge in [-0.3, -0.25) is 9.82 Å². The van der Waals surface area contributed by atoms with Gasteiger partial charge in [0.1, 0.15) is 0 Å². The maximum absolute atomic E-state index is 11.2. The van der Waals surface area contributed by atoms with Gasteiger partial charge in [-0.2, -0.15) is 5.10 Å². The molecule has 0 fully saturated rings. The SMILES string of the molecule is CSc1ccc(Cl)c2c(NS(C)(=O)=O)n[nH]c12. The lowest BCUT2D eigenvalue weighted by molar-refractivity contribution is 0.606. The molecule has 0 saturated carbocycles. The van der Waals surface area contributed by atoms with Gasteiger partial charge in [0, 0.05) is 4.90 Å². The summed E-state index contributed by atoms with van der Waals surface area (Å²) in [4.78, 5) is 0.957. The predicted molar refractivity (Wildman–Crippen MR) is 71.4 cm³/mol. The molecule has 0 aliphatic carbocycles. The third-order valence-corrected chi connectivity index (χ3v) is 3.79. The Morgan fingerprint density at radius 2 is 2.18 bits per heavy atom. The van der Waals surface area contributed by atoms with Crippen molar-refractivity contribution < 1.29 is 8.42 Å². The third kappa shape index (κ3) is 2.51. The van der Waals surface area contributed by atoms with Crippen LogP contribution < -0.4 is 4.72 Å². The van der Waals surface area contributed by atoms with Gasteiger partial charge in [0.25, 0.3) is 0 Å². The van der Waals surface area contributed by atoms with Crippen molar-refractivity contribution in [2.45, 2.75) is 4.90 Å². The second-order valence-electron chi connectivity index (χ2n) is 3.45. The van der Waals surface area contributed by atoms with Gasteiger partial charge in [-0.15, -0.1) is 11.8 Å². The van der Waals surface area contributed by atoms with E-state index in [1.165, 1.54) is 11.8 Å². The lowest BCUT2D eigenvalue weighted by Crippen LogP contribution is -2.10. The van der Waals surface area contributed by atoms with E-state index in [0.29, 0.717) is 10.4 Å². The molecule has 17 heavy (non-hydrogen) atoms. The van der Waals surface area contributed by atoms with Crippen molar-refractivity contribution >= 4 is 50.1 Å². The molecule has 1 heterocycles. The number of H-pyrrole nitrogens is 1. The number of benzene rings is 1. The normalized spacial score (nSPS) is 11.9. The first kappa shape index (κ1) is 12.5. The Balaban J connectivity index is 2.67. The maximum atomic E-state index is 11.2. The average Bonchev–Trinajstić information content (AvgIpc) is 2.61. The highest BCUT2D eigenvalue weighted by Gasteiger charge is 2.15. The van der Waals surface area contributed by atoms with Crippen molar-refractivity contribution in [2.24, 2.45) is 0 Å². The second kappa shape index (κ2) is 4.40. The van der Waals surface area contributed by atoms with E-state index < -0.39 is 10.0 Å². The van der Waals surface area contributed by atoms with E-state index in [0.717, 1.165) is 16.7 Å². The van der Waals surface area contributed by atoms with E-state index in [9.17, 15) is 8.42 Å². The first-order valence-corrected chi connectivity index (χ1v) is 8.10. The fraction of sp³-hybridized carbons (Fsp3) is 0.222. The summed E-state index contributed by atoms with van der Waals surface area (Å²) in [6.45, 7) is 0. The first-order valence-electron chi connectivity index (χ1n) is 4.60. The number of aromatic amines is 1. The van der Waals surface area contributed by atoms with Crippen molar-refractivity contribution in [3.8, 4) is 0 Å². The van der Waals surface area contributed by atoms with Gasteiger partial charge in [0.15, 0.2) is 5.82 Å². The molecule has 2 aromatic rings. The average molecular weight is 292 g/mol. The number of nitrogens with one attached hydrogen (secondary N) is 2. The van der Waals surface area contributed by atoms with Gasteiger partial charge in [-0.05, 0) is 18.4 Å². The fourth-order valence-electron chi connectivity index (χ4n) is 1.49. The van der Waals surface area contributed by atoms with Crippen LogP contribution in [0, 0.1) is 0 Å². The third-order valence-electron chi connectivity index (χ3n) is 2.13. The molecular weight excluding hydrogens is 282 g/mol. The number of anilines is 1. The summed E-state index contributed by atoms with van der Waals surface area (Å²) in [6.07, 6.45) is 2.99. The van der Waals surface area contributed by atoms with Crippen LogP contribution in [0.15, 0.2) is 17.0 Å². The Bertz CT molecular complexity index is 666. The minimum absolute atomic E-state index is 0.225. The zero-order valence-electron chi connectivity index (χ0n) is 9.11. The maximum Gasteiger partial charge on any atom is 0.231 e. The summed E-state index contributed by atoms with van der Waals surface area (Å²) >= 11 is 7.59. The van der Waals surface area contributed by atoms with Crippen LogP contribution in [0.25, 0.3) is 10.9 Å². The summed E-state index contributed by atoms with van der Waals surface area (Å²) in [5.74, 6) is 0.225. The van der Waals surface area contributed by atoms with Crippen LogP contribution >= 0.6 is 23.4 Å². The van der Waals surface area contributed by atoms with E-state index in [1.807, 2.05) is 12.3 Å². The zero-order chi connectivity index (χ0) is 12.6. The molecule has 0 atom stereocenters. The molecule has 0 bridgehead atoms. The molecule has 92 valence electrons. The number of rotatable bonds is 3. The van der Waals surface area contributed by atoms with E-state index >= 15 is 0 Å². The molecule has 0 unspecified atom stereocenters. The molecule has 2 N–H and O–H groups in total. The summed E-state index contributed by atoms with van der Waals surface area (Å²) in [5.41, 5.74) is 0.733. The Labute approximate surface area is 108 Å². The van der Waals surface area contributed by atoms with Crippen molar-refractivity contribution in [1.29, 1.82) is 0 Å². The smallest absolute Gasteiger partial charge is 0.231 e. The van der Waals surface area contributed by atoms with Crippen LogP contribution in [0.4, 0.5) is 5.82 Å². The molecule has 8 heteroatoms. The molecule has 1 aromatic heterocycles. The quantitative estimate of drug-likeness (QED) is 0.851. The molecule has 0 radical (unpaired) electrons. The van der Waals surface area contributed by atoms with Crippen LogP contribution in [0.3, 0.4) is 0 Å². The molecule has 0 spiro atoms. The van der Waals surface area contributed by atoms with Gasteiger partial charge in [0.2, 0.25) is 10.0 Å². The van der Waals surface area contributed by atoms with E-state index in [2.05, 4.69) is 14.9 Å².